The molecule has 0 aliphatic carbocycles. The van der Waals surface area contributed by atoms with E-state index >= 15 is 0 Å². The highest BCUT2D eigenvalue weighted by molar-refractivity contribution is 14.1. The van der Waals surface area contributed by atoms with E-state index in [1.807, 2.05) is 0 Å². The lowest BCUT2D eigenvalue weighted by Gasteiger charge is -2.15. The molecule has 0 saturated heterocycles. The lowest BCUT2D eigenvalue weighted by Crippen LogP contribution is -2.29. The Morgan fingerprint density at radius 1 is 1.25 bits per heavy atom. The first-order valence-corrected chi connectivity index (χ1v) is 6.99. The van der Waals surface area contributed by atoms with Gasteiger partial charge in [-0.15, -0.1) is 11.3 Å². The maximum atomic E-state index is 5.61. The second-order valence-electron chi connectivity index (χ2n) is 3.55. The molecular formula is C12H13IN2S. The molecule has 1 aromatic carbocycles. The van der Waals surface area contributed by atoms with Crippen molar-refractivity contribution in [1.29, 1.82) is 0 Å². The number of hydrazine groups is 1. The molecule has 0 radical (unpaired) electrons. The van der Waals surface area contributed by atoms with Crippen LogP contribution in [0.5, 0.6) is 0 Å². The molecule has 2 aromatic rings. The lowest BCUT2D eigenvalue weighted by atomic mass is 10.0. The van der Waals surface area contributed by atoms with E-state index < -0.39 is 0 Å². The minimum Gasteiger partial charge on any atom is -0.271 e. The molecule has 84 valence electrons. The van der Waals surface area contributed by atoms with Crippen molar-refractivity contribution in [1.82, 2.24) is 5.43 Å². The van der Waals surface area contributed by atoms with Crippen LogP contribution in [0.1, 0.15) is 16.5 Å². The largest absolute Gasteiger partial charge is 0.271 e. The van der Waals surface area contributed by atoms with E-state index in [-0.39, 0.29) is 6.04 Å². The van der Waals surface area contributed by atoms with Crippen molar-refractivity contribution in [2.24, 2.45) is 5.84 Å². The van der Waals surface area contributed by atoms with E-state index in [0.29, 0.717) is 0 Å². The predicted molar refractivity (Wildman–Crippen MR) is 77.2 cm³/mol. The van der Waals surface area contributed by atoms with Gasteiger partial charge >= 0.3 is 0 Å². The third-order valence-corrected chi connectivity index (χ3v) is 4.08. The average Bonchev–Trinajstić information content (AvgIpc) is 2.80. The first-order valence-electron chi connectivity index (χ1n) is 5.03. The first kappa shape index (κ1) is 12.0. The van der Waals surface area contributed by atoms with Crippen molar-refractivity contribution < 1.29 is 0 Å². The number of thiophene rings is 1. The quantitative estimate of drug-likeness (QED) is 0.508. The molecule has 3 N–H and O–H groups in total. The monoisotopic (exact) mass is 344 g/mol. The van der Waals surface area contributed by atoms with Crippen LogP contribution in [0.2, 0.25) is 0 Å². The smallest absolute Gasteiger partial charge is 0.0508 e. The summed E-state index contributed by atoms with van der Waals surface area (Å²) in [6.07, 6.45) is 0.939. The summed E-state index contributed by atoms with van der Waals surface area (Å²) in [6.45, 7) is 0. The van der Waals surface area contributed by atoms with Crippen LogP contribution >= 0.6 is 33.9 Å². The van der Waals surface area contributed by atoms with Crippen LogP contribution in [0.15, 0.2) is 41.8 Å². The summed E-state index contributed by atoms with van der Waals surface area (Å²) in [6, 6.07) is 12.9. The summed E-state index contributed by atoms with van der Waals surface area (Å²) >= 11 is 4.07. The SMILES string of the molecule is NNC(Cc1cccs1)c1ccc(I)cc1. The van der Waals surface area contributed by atoms with Crippen molar-refractivity contribution in [3.05, 3.63) is 55.8 Å². The Hall–Kier alpha value is -0.430. The number of nitrogens with two attached hydrogens (primary N) is 1. The fraction of sp³-hybridized carbons (Fsp3) is 0.167. The number of hydrogen-bond donors (Lipinski definition) is 2. The summed E-state index contributed by atoms with van der Waals surface area (Å²) in [4.78, 5) is 1.35. The van der Waals surface area contributed by atoms with Gasteiger partial charge in [-0.3, -0.25) is 11.3 Å². The summed E-state index contributed by atoms with van der Waals surface area (Å²) in [5.74, 6) is 5.61. The number of halogens is 1. The Morgan fingerprint density at radius 2 is 2.00 bits per heavy atom. The molecule has 0 aliphatic rings. The number of nitrogens with one attached hydrogen (secondary N) is 1. The zero-order valence-electron chi connectivity index (χ0n) is 8.69. The van der Waals surface area contributed by atoms with Crippen LogP contribution in [-0.2, 0) is 6.42 Å². The normalized spacial score (nSPS) is 12.6. The van der Waals surface area contributed by atoms with Crippen LogP contribution < -0.4 is 11.3 Å². The van der Waals surface area contributed by atoms with E-state index in [1.54, 1.807) is 11.3 Å². The molecule has 0 fully saturated rings. The molecule has 1 unspecified atom stereocenters. The van der Waals surface area contributed by atoms with E-state index in [4.69, 9.17) is 5.84 Å². The molecule has 2 nitrogen and oxygen atoms in total. The van der Waals surface area contributed by atoms with Crippen LogP contribution in [0.4, 0.5) is 0 Å². The van der Waals surface area contributed by atoms with Gasteiger partial charge in [0.25, 0.3) is 0 Å². The summed E-state index contributed by atoms with van der Waals surface area (Å²) in [5.41, 5.74) is 4.11. The van der Waals surface area contributed by atoms with Gasteiger partial charge in [-0.1, -0.05) is 18.2 Å². The zero-order chi connectivity index (χ0) is 11.4. The topological polar surface area (TPSA) is 38.0 Å². The maximum Gasteiger partial charge on any atom is 0.0508 e. The molecule has 2 rings (SSSR count). The van der Waals surface area contributed by atoms with Crippen molar-refractivity contribution >= 4 is 33.9 Å². The fourth-order valence-electron chi connectivity index (χ4n) is 1.60. The van der Waals surface area contributed by atoms with Gasteiger partial charge in [0.15, 0.2) is 0 Å². The zero-order valence-corrected chi connectivity index (χ0v) is 11.7. The van der Waals surface area contributed by atoms with Gasteiger partial charge in [0.1, 0.15) is 0 Å². The van der Waals surface area contributed by atoms with Gasteiger partial charge in [0.05, 0.1) is 6.04 Å². The first-order chi connectivity index (χ1) is 7.79. The third-order valence-electron chi connectivity index (χ3n) is 2.46. The van der Waals surface area contributed by atoms with Gasteiger partial charge in [-0.05, 0) is 51.7 Å². The lowest BCUT2D eigenvalue weighted by molar-refractivity contribution is 0.555. The minimum atomic E-state index is 0.190. The van der Waals surface area contributed by atoms with E-state index in [2.05, 4.69) is 69.8 Å². The van der Waals surface area contributed by atoms with Gasteiger partial charge < -0.3 is 0 Å². The van der Waals surface area contributed by atoms with E-state index in [9.17, 15) is 0 Å². The molecule has 1 aromatic heterocycles. The molecular weight excluding hydrogens is 331 g/mol. The molecule has 1 heterocycles. The van der Waals surface area contributed by atoms with Crippen LogP contribution in [0, 0.1) is 3.57 Å². The number of benzene rings is 1. The summed E-state index contributed by atoms with van der Waals surface area (Å²) in [7, 11) is 0. The van der Waals surface area contributed by atoms with Crippen LogP contribution in [0.3, 0.4) is 0 Å². The van der Waals surface area contributed by atoms with Gasteiger partial charge in [0, 0.05) is 14.9 Å². The molecule has 1 atom stereocenters. The van der Waals surface area contributed by atoms with Crippen molar-refractivity contribution in [3.63, 3.8) is 0 Å². The Kier molecular flexibility index (Phi) is 4.34. The predicted octanol–water partition coefficient (Wildman–Crippen LogP) is 3.10. The van der Waals surface area contributed by atoms with Gasteiger partial charge in [-0.25, -0.2) is 0 Å². The highest BCUT2D eigenvalue weighted by Crippen LogP contribution is 2.21. The van der Waals surface area contributed by atoms with Crippen molar-refractivity contribution in [3.8, 4) is 0 Å². The Balaban J connectivity index is 2.13. The number of rotatable bonds is 4. The van der Waals surface area contributed by atoms with Crippen LogP contribution in [0.25, 0.3) is 0 Å². The number of hydrogen-bond acceptors (Lipinski definition) is 3. The van der Waals surface area contributed by atoms with Crippen molar-refractivity contribution in [2.45, 2.75) is 12.5 Å². The summed E-state index contributed by atoms with van der Waals surface area (Å²) < 4.78 is 1.24. The fourth-order valence-corrected chi connectivity index (χ4v) is 2.71. The Bertz CT molecular complexity index is 425. The van der Waals surface area contributed by atoms with Gasteiger partial charge in [-0.2, -0.15) is 0 Å². The molecule has 16 heavy (non-hydrogen) atoms. The highest BCUT2D eigenvalue weighted by atomic mass is 127. The molecule has 0 saturated carbocycles. The minimum absolute atomic E-state index is 0.190. The highest BCUT2D eigenvalue weighted by Gasteiger charge is 2.10. The molecule has 0 spiro atoms. The maximum absolute atomic E-state index is 5.61. The summed E-state index contributed by atoms with van der Waals surface area (Å²) in [5, 5.41) is 2.09. The molecule has 0 bridgehead atoms. The molecule has 0 aliphatic heterocycles. The second kappa shape index (κ2) is 5.77. The van der Waals surface area contributed by atoms with Crippen LogP contribution in [-0.4, -0.2) is 0 Å². The van der Waals surface area contributed by atoms with Gasteiger partial charge in [0.2, 0.25) is 0 Å². The molecule has 4 heteroatoms. The standard InChI is InChI=1S/C12H13IN2S/c13-10-5-3-9(4-6-10)12(15-14)8-11-2-1-7-16-11/h1-7,12,15H,8,14H2. The molecule has 0 amide bonds. The Morgan fingerprint density at radius 3 is 2.56 bits per heavy atom. The van der Waals surface area contributed by atoms with E-state index in [0.717, 1.165) is 6.42 Å². The Labute approximate surface area is 113 Å². The second-order valence-corrected chi connectivity index (χ2v) is 5.83. The average molecular weight is 344 g/mol. The van der Waals surface area contributed by atoms with Crippen molar-refractivity contribution in [2.75, 3.05) is 0 Å². The van der Waals surface area contributed by atoms with E-state index in [1.165, 1.54) is 14.0 Å². The third kappa shape index (κ3) is 3.04.